The number of hydrogen-bond donors (Lipinski definition) is 1. The van der Waals surface area contributed by atoms with Gasteiger partial charge >= 0.3 is 5.97 Å². The van der Waals surface area contributed by atoms with Gasteiger partial charge in [-0.1, -0.05) is 24.3 Å². The summed E-state index contributed by atoms with van der Waals surface area (Å²) in [5.41, 5.74) is -0.626. The van der Waals surface area contributed by atoms with Crippen LogP contribution in [0.5, 0.6) is 0 Å². The number of benzene rings is 3. The number of fused-ring (bicyclic) bond motifs is 1. The number of carbonyl (C=O) groups is 1. The molecule has 0 saturated heterocycles. The first kappa shape index (κ1) is 19.1. The van der Waals surface area contributed by atoms with Crippen LogP contribution in [0.1, 0.15) is 16.7 Å². The average molecular weight is 392 g/mol. The van der Waals surface area contributed by atoms with Crippen molar-refractivity contribution in [2.75, 3.05) is 6.26 Å². The summed E-state index contributed by atoms with van der Waals surface area (Å²) in [6.07, 6.45) is 1.02. The molecule has 3 nitrogen and oxygen atoms in total. The molecule has 3 rings (SSSR count). The summed E-state index contributed by atoms with van der Waals surface area (Å²) in [5, 5.41) is 9.34. The molecule has 0 saturated carbocycles. The first-order valence-electron chi connectivity index (χ1n) is 7.94. The molecule has 0 amide bonds. The minimum absolute atomic E-state index is 0.0114. The van der Waals surface area contributed by atoms with Crippen molar-refractivity contribution in [1.29, 1.82) is 0 Å². The van der Waals surface area contributed by atoms with E-state index in [0.717, 1.165) is 18.2 Å². The van der Waals surface area contributed by atoms with Gasteiger partial charge in [-0.05, 0) is 46.7 Å². The molecule has 0 spiro atoms. The highest BCUT2D eigenvalue weighted by Gasteiger charge is 2.36. The quantitative estimate of drug-likeness (QED) is 0.696. The SMILES string of the molecule is CS(=O)c1ccc(C(F)(F)c2cc(CC(=O)O)cc3ccc(F)cc23)cc1. The number of aliphatic carboxylic acids is 1. The minimum atomic E-state index is -3.49. The third-order valence-corrected chi connectivity index (χ3v) is 5.15. The van der Waals surface area contributed by atoms with Gasteiger partial charge in [0.1, 0.15) is 5.82 Å². The van der Waals surface area contributed by atoms with Crippen LogP contribution in [0.15, 0.2) is 59.5 Å². The third-order valence-electron chi connectivity index (χ3n) is 4.22. The van der Waals surface area contributed by atoms with Crippen LogP contribution < -0.4 is 0 Å². The van der Waals surface area contributed by atoms with Gasteiger partial charge in [0.2, 0.25) is 0 Å². The Morgan fingerprint density at radius 2 is 1.74 bits per heavy atom. The van der Waals surface area contributed by atoms with Gasteiger partial charge in [-0.15, -0.1) is 0 Å². The normalized spacial score (nSPS) is 12.9. The summed E-state index contributed by atoms with van der Waals surface area (Å²) < 4.78 is 55.7. The van der Waals surface area contributed by atoms with Gasteiger partial charge in [-0.2, -0.15) is 8.78 Å². The lowest BCUT2D eigenvalue weighted by Gasteiger charge is -2.21. The number of hydrogen-bond acceptors (Lipinski definition) is 2. The molecule has 0 aliphatic rings. The zero-order valence-electron chi connectivity index (χ0n) is 14.2. The predicted octanol–water partition coefficient (Wildman–Crippen LogP) is 4.48. The first-order chi connectivity index (χ1) is 12.7. The molecule has 0 radical (unpaired) electrons. The van der Waals surface area contributed by atoms with Crippen LogP contribution in [0.2, 0.25) is 0 Å². The second-order valence-electron chi connectivity index (χ2n) is 6.13. The van der Waals surface area contributed by atoms with E-state index in [4.69, 9.17) is 5.11 Å². The van der Waals surface area contributed by atoms with E-state index < -0.39 is 40.5 Å². The van der Waals surface area contributed by atoms with E-state index in [2.05, 4.69) is 0 Å². The van der Waals surface area contributed by atoms with Crippen LogP contribution in [0.25, 0.3) is 10.8 Å². The van der Waals surface area contributed by atoms with Crippen LogP contribution in [0.3, 0.4) is 0 Å². The monoisotopic (exact) mass is 392 g/mol. The zero-order valence-corrected chi connectivity index (χ0v) is 15.0. The molecule has 1 N–H and O–H groups in total. The summed E-state index contributed by atoms with van der Waals surface area (Å²) in [5.74, 6) is -5.31. The predicted molar refractivity (Wildman–Crippen MR) is 97.0 cm³/mol. The van der Waals surface area contributed by atoms with Gasteiger partial charge in [0.25, 0.3) is 5.92 Å². The van der Waals surface area contributed by atoms with Gasteiger partial charge in [-0.25, -0.2) is 4.39 Å². The molecular formula is C20H15F3O3S. The summed E-state index contributed by atoms with van der Waals surface area (Å²) in [7, 11) is -1.30. The van der Waals surface area contributed by atoms with Gasteiger partial charge in [-0.3, -0.25) is 9.00 Å². The largest absolute Gasteiger partial charge is 0.481 e. The number of halogens is 3. The smallest absolute Gasteiger partial charge is 0.307 e. The summed E-state index contributed by atoms with van der Waals surface area (Å²) in [6.45, 7) is 0. The fourth-order valence-electron chi connectivity index (χ4n) is 2.94. The van der Waals surface area contributed by atoms with Gasteiger partial charge < -0.3 is 5.11 Å². The van der Waals surface area contributed by atoms with Crippen molar-refractivity contribution in [3.05, 3.63) is 77.1 Å². The Morgan fingerprint density at radius 1 is 1.07 bits per heavy atom. The van der Waals surface area contributed by atoms with Gasteiger partial charge in [0.05, 0.1) is 6.42 Å². The Bertz CT molecular complexity index is 1050. The van der Waals surface area contributed by atoms with Crippen LogP contribution in [-0.4, -0.2) is 21.5 Å². The molecular weight excluding hydrogens is 377 g/mol. The van der Waals surface area contributed by atoms with Crippen LogP contribution >= 0.6 is 0 Å². The Hall–Kier alpha value is -2.67. The van der Waals surface area contributed by atoms with E-state index >= 15 is 8.78 Å². The summed E-state index contributed by atoms with van der Waals surface area (Å²) >= 11 is 0. The fraction of sp³-hybridized carbons (Fsp3) is 0.150. The second-order valence-corrected chi connectivity index (χ2v) is 7.51. The summed E-state index contributed by atoms with van der Waals surface area (Å²) in [6, 6.07) is 11.1. The first-order valence-corrected chi connectivity index (χ1v) is 9.50. The highest BCUT2D eigenvalue weighted by atomic mass is 32.2. The van der Waals surface area contributed by atoms with Gasteiger partial charge in [0.15, 0.2) is 0 Å². The Labute approximate surface area is 155 Å². The molecule has 3 aromatic carbocycles. The zero-order chi connectivity index (χ0) is 19.8. The molecule has 0 aromatic heterocycles. The maximum Gasteiger partial charge on any atom is 0.307 e. The highest BCUT2D eigenvalue weighted by Crippen LogP contribution is 2.40. The Kier molecular flexibility index (Phi) is 5.06. The molecule has 140 valence electrons. The van der Waals surface area contributed by atoms with Crippen molar-refractivity contribution in [3.8, 4) is 0 Å². The molecule has 0 aliphatic carbocycles. The van der Waals surface area contributed by atoms with Crippen molar-refractivity contribution in [3.63, 3.8) is 0 Å². The molecule has 0 heterocycles. The molecule has 0 aliphatic heterocycles. The highest BCUT2D eigenvalue weighted by molar-refractivity contribution is 7.84. The van der Waals surface area contributed by atoms with Crippen molar-refractivity contribution in [2.45, 2.75) is 17.2 Å². The second kappa shape index (κ2) is 7.15. The van der Waals surface area contributed by atoms with Crippen molar-refractivity contribution >= 4 is 27.5 Å². The molecule has 0 fully saturated rings. The van der Waals surface area contributed by atoms with E-state index in [-0.39, 0.29) is 16.5 Å². The Balaban J connectivity index is 2.21. The number of carboxylic acids is 1. The lowest BCUT2D eigenvalue weighted by atomic mass is 9.92. The molecule has 0 bridgehead atoms. The lowest BCUT2D eigenvalue weighted by molar-refractivity contribution is -0.136. The van der Waals surface area contributed by atoms with Crippen molar-refractivity contribution < 1.29 is 27.3 Å². The molecule has 7 heteroatoms. The van der Waals surface area contributed by atoms with Gasteiger partial charge in [0, 0.05) is 33.1 Å². The van der Waals surface area contributed by atoms with E-state index in [1.54, 1.807) is 0 Å². The topological polar surface area (TPSA) is 54.4 Å². The fourth-order valence-corrected chi connectivity index (χ4v) is 3.46. The molecule has 3 aromatic rings. The van der Waals surface area contributed by atoms with E-state index in [1.807, 2.05) is 0 Å². The number of carboxylic acid groups (broad SMARTS) is 1. The minimum Gasteiger partial charge on any atom is -0.481 e. The maximum atomic E-state index is 15.3. The van der Waals surface area contributed by atoms with Crippen LogP contribution in [-0.2, 0) is 27.9 Å². The Morgan fingerprint density at radius 3 is 2.33 bits per heavy atom. The van der Waals surface area contributed by atoms with E-state index in [1.165, 1.54) is 42.7 Å². The van der Waals surface area contributed by atoms with Crippen LogP contribution in [0.4, 0.5) is 13.2 Å². The average Bonchev–Trinajstić information content (AvgIpc) is 2.61. The maximum absolute atomic E-state index is 15.3. The summed E-state index contributed by atoms with van der Waals surface area (Å²) in [4.78, 5) is 11.4. The standard InChI is InChI=1S/C20H15F3O3S/c1-27(26)16-6-3-14(4-7-16)20(22,23)18-9-12(10-19(24)25)8-13-2-5-15(21)11-17(13)18/h2-9,11H,10H2,1H3,(H,24,25). The third kappa shape index (κ3) is 3.88. The number of alkyl halides is 2. The van der Waals surface area contributed by atoms with Crippen LogP contribution in [0, 0.1) is 5.82 Å². The lowest BCUT2D eigenvalue weighted by Crippen LogP contribution is -2.17. The van der Waals surface area contributed by atoms with E-state index in [0.29, 0.717) is 10.3 Å². The number of rotatable bonds is 5. The molecule has 27 heavy (non-hydrogen) atoms. The van der Waals surface area contributed by atoms with Crippen molar-refractivity contribution in [1.82, 2.24) is 0 Å². The molecule has 1 unspecified atom stereocenters. The van der Waals surface area contributed by atoms with E-state index in [9.17, 15) is 13.4 Å². The van der Waals surface area contributed by atoms with Crippen molar-refractivity contribution in [2.24, 2.45) is 0 Å². The molecule has 1 atom stereocenters.